The molecule has 0 aromatic heterocycles. The molecule has 0 heterocycles. The highest BCUT2D eigenvalue weighted by atomic mass is 28.2. The van der Waals surface area contributed by atoms with E-state index in [-0.39, 0.29) is 0 Å². The van der Waals surface area contributed by atoms with Crippen molar-refractivity contribution in [3.05, 3.63) is 35.9 Å². The van der Waals surface area contributed by atoms with E-state index in [4.69, 9.17) is 4.43 Å². The molecule has 0 aliphatic carbocycles. The van der Waals surface area contributed by atoms with Crippen molar-refractivity contribution in [1.82, 2.24) is 0 Å². The molecule has 0 N–H and O–H groups in total. The Balaban J connectivity index is 2.82. The molecule has 0 spiro atoms. The van der Waals surface area contributed by atoms with Gasteiger partial charge in [0.05, 0.1) is 0 Å². The Morgan fingerprint density at radius 3 is 2.36 bits per heavy atom. The van der Waals surface area contributed by atoms with Gasteiger partial charge in [-0.25, -0.2) is 0 Å². The second kappa shape index (κ2) is 3.98. The van der Waals surface area contributed by atoms with Gasteiger partial charge in [0.2, 0.25) is 10.5 Å². The van der Waals surface area contributed by atoms with Crippen LogP contribution in [0.25, 0.3) is 6.08 Å². The molecule has 0 saturated carbocycles. The molecule has 0 bridgehead atoms. The van der Waals surface area contributed by atoms with E-state index in [1.54, 1.807) is 0 Å². The fraction of sp³-hybridized carbons (Fsp3) is 0.111. The summed E-state index contributed by atoms with van der Waals surface area (Å²) in [6.07, 6.45) is 4.09. The third-order valence-electron chi connectivity index (χ3n) is 1.47. The zero-order valence-electron chi connectivity index (χ0n) is 6.87. The summed E-state index contributed by atoms with van der Waals surface area (Å²) in [4.78, 5) is 0. The summed E-state index contributed by atoms with van der Waals surface area (Å²) in [6.45, 7) is 2.01. The largest absolute Gasteiger partial charge is 0.553 e. The first-order valence-corrected chi connectivity index (χ1v) is 4.45. The van der Waals surface area contributed by atoms with Crippen LogP contribution in [0, 0.1) is 0 Å². The van der Waals surface area contributed by atoms with E-state index in [1.807, 2.05) is 37.3 Å². The maximum Gasteiger partial charge on any atom is 0.204 e. The molecule has 58 valence electrons. The van der Waals surface area contributed by atoms with Gasteiger partial charge in [-0.05, 0) is 24.6 Å². The van der Waals surface area contributed by atoms with Gasteiger partial charge in [-0.15, -0.1) is 0 Å². The van der Waals surface area contributed by atoms with Gasteiger partial charge in [0.1, 0.15) is 5.75 Å². The van der Waals surface area contributed by atoms with Crippen LogP contribution in [0.15, 0.2) is 30.3 Å². The highest BCUT2D eigenvalue weighted by Gasteiger charge is 1.87. The lowest BCUT2D eigenvalue weighted by atomic mass is 10.2. The Labute approximate surface area is 70.2 Å². The number of benzene rings is 1. The van der Waals surface area contributed by atoms with Crippen molar-refractivity contribution in [3.63, 3.8) is 0 Å². The second-order valence-corrected chi connectivity index (χ2v) is 2.68. The average molecular weight is 164 g/mol. The lowest BCUT2D eigenvalue weighted by molar-refractivity contribution is 0.616. The van der Waals surface area contributed by atoms with Crippen molar-refractivity contribution in [3.8, 4) is 5.75 Å². The molecule has 0 fully saturated rings. The molecule has 0 radical (unpaired) electrons. The van der Waals surface area contributed by atoms with E-state index >= 15 is 0 Å². The van der Waals surface area contributed by atoms with E-state index < -0.39 is 0 Å². The van der Waals surface area contributed by atoms with Crippen molar-refractivity contribution in [2.45, 2.75) is 6.92 Å². The number of hydrogen-bond acceptors (Lipinski definition) is 1. The van der Waals surface area contributed by atoms with Crippen LogP contribution in [0.5, 0.6) is 5.75 Å². The number of hydrogen-bond donors (Lipinski definition) is 0. The smallest absolute Gasteiger partial charge is 0.204 e. The van der Waals surface area contributed by atoms with E-state index in [1.165, 1.54) is 5.56 Å². The van der Waals surface area contributed by atoms with E-state index in [0.717, 1.165) is 16.2 Å². The molecular formula is C9H12OSi. The van der Waals surface area contributed by atoms with Gasteiger partial charge in [-0.3, -0.25) is 0 Å². The van der Waals surface area contributed by atoms with Gasteiger partial charge >= 0.3 is 0 Å². The predicted octanol–water partition coefficient (Wildman–Crippen LogP) is 1.38. The Morgan fingerprint density at radius 2 is 1.91 bits per heavy atom. The lowest BCUT2D eigenvalue weighted by Gasteiger charge is -1.99. The Bertz CT molecular complexity index is 238. The van der Waals surface area contributed by atoms with Crippen LogP contribution in [0.4, 0.5) is 0 Å². The zero-order valence-corrected chi connectivity index (χ0v) is 8.87. The van der Waals surface area contributed by atoms with E-state index in [9.17, 15) is 0 Å². The maximum atomic E-state index is 5.16. The van der Waals surface area contributed by atoms with Crippen molar-refractivity contribution < 1.29 is 4.43 Å². The third kappa shape index (κ3) is 2.24. The number of rotatable bonds is 2. The van der Waals surface area contributed by atoms with Gasteiger partial charge in [0.25, 0.3) is 0 Å². The molecule has 0 atom stereocenters. The highest BCUT2D eigenvalue weighted by molar-refractivity contribution is 5.99. The molecule has 11 heavy (non-hydrogen) atoms. The molecule has 1 rings (SSSR count). The van der Waals surface area contributed by atoms with E-state index in [2.05, 4.69) is 6.08 Å². The minimum absolute atomic E-state index is 0.759. The highest BCUT2D eigenvalue weighted by Crippen LogP contribution is 2.11. The van der Waals surface area contributed by atoms with Crippen LogP contribution in [0.3, 0.4) is 0 Å². The standard InChI is InChI=1S/C9H12OSi/c1-2-3-8-4-6-9(10-11)7-5-8/h2-7H,1,11H3. The topological polar surface area (TPSA) is 9.23 Å². The van der Waals surface area contributed by atoms with Crippen LogP contribution in [0.1, 0.15) is 12.5 Å². The third-order valence-corrected chi connectivity index (χ3v) is 1.95. The number of allylic oxidation sites excluding steroid dienone is 1. The normalized spacial score (nSPS) is 10.6. The molecule has 0 aliphatic rings. The zero-order chi connectivity index (χ0) is 8.10. The minimum atomic E-state index is 0.759. The van der Waals surface area contributed by atoms with Crippen LogP contribution in [0.2, 0.25) is 0 Å². The summed E-state index contributed by atoms with van der Waals surface area (Å²) >= 11 is 0. The molecule has 1 aromatic rings. The first-order chi connectivity index (χ1) is 5.36. The second-order valence-electron chi connectivity index (χ2n) is 2.27. The average Bonchev–Trinajstić information content (AvgIpc) is 2.07. The molecule has 0 aliphatic heterocycles. The Hall–Kier alpha value is -1.02. The fourth-order valence-corrected chi connectivity index (χ4v) is 1.18. The van der Waals surface area contributed by atoms with Crippen molar-refractivity contribution in [1.29, 1.82) is 0 Å². The summed E-state index contributed by atoms with van der Waals surface area (Å²) in [5.41, 5.74) is 1.22. The first-order valence-electron chi connectivity index (χ1n) is 3.63. The molecular weight excluding hydrogens is 152 g/mol. The van der Waals surface area contributed by atoms with E-state index in [0.29, 0.717) is 0 Å². The summed E-state index contributed by atoms with van der Waals surface area (Å²) < 4.78 is 5.16. The summed E-state index contributed by atoms with van der Waals surface area (Å²) in [5, 5.41) is 0. The SMILES string of the molecule is CC=Cc1ccc(O[SiH3])cc1. The molecule has 1 nitrogen and oxygen atoms in total. The van der Waals surface area contributed by atoms with Gasteiger partial charge in [-0.2, -0.15) is 0 Å². The molecule has 0 amide bonds. The van der Waals surface area contributed by atoms with Crippen LogP contribution in [-0.2, 0) is 0 Å². The fourth-order valence-electron chi connectivity index (χ4n) is 0.907. The van der Waals surface area contributed by atoms with Gasteiger partial charge in [0, 0.05) is 0 Å². The molecule has 2 heteroatoms. The van der Waals surface area contributed by atoms with Gasteiger partial charge in [-0.1, -0.05) is 24.3 Å². The molecule has 0 unspecified atom stereocenters. The summed E-state index contributed by atoms with van der Waals surface area (Å²) in [7, 11) is 0.759. The Morgan fingerprint density at radius 1 is 1.27 bits per heavy atom. The minimum Gasteiger partial charge on any atom is -0.553 e. The predicted molar refractivity (Wildman–Crippen MR) is 51.7 cm³/mol. The molecule has 1 aromatic carbocycles. The van der Waals surface area contributed by atoms with Gasteiger partial charge in [0.15, 0.2) is 0 Å². The lowest BCUT2D eigenvalue weighted by Crippen LogP contribution is -1.83. The van der Waals surface area contributed by atoms with Gasteiger partial charge < -0.3 is 4.43 Å². The van der Waals surface area contributed by atoms with Crippen LogP contribution in [-0.4, -0.2) is 10.5 Å². The summed E-state index contributed by atoms with van der Waals surface area (Å²) in [5.74, 6) is 0.963. The summed E-state index contributed by atoms with van der Waals surface area (Å²) in [6, 6.07) is 8.07. The Kier molecular flexibility index (Phi) is 2.92. The van der Waals surface area contributed by atoms with Crippen molar-refractivity contribution >= 4 is 16.6 Å². The monoisotopic (exact) mass is 164 g/mol. The van der Waals surface area contributed by atoms with Crippen LogP contribution >= 0.6 is 0 Å². The maximum absolute atomic E-state index is 5.16. The first kappa shape index (κ1) is 8.08. The quantitative estimate of drug-likeness (QED) is 0.600. The van der Waals surface area contributed by atoms with Crippen molar-refractivity contribution in [2.24, 2.45) is 0 Å². The van der Waals surface area contributed by atoms with Crippen LogP contribution < -0.4 is 4.43 Å². The van der Waals surface area contributed by atoms with Crippen molar-refractivity contribution in [2.75, 3.05) is 0 Å². The molecule has 0 saturated heterocycles.